The summed E-state index contributed by atoms with van der Waals surface area (Å²) in [5.74, 6) is 0. The third kappa shape index (κ3) is 4.60. The molecule has 0 unspecified atom stereocenters. The topological polar surface area (TPSA) is 9.23 Å². The zero-order valence-corrected chi connectivity index (χ0v) is 13.7. The van der Waals surface area contributed by atoms with Crippen LogP contribution in [-0.4, -0.2) is 14.9 Å². The summed E-state index contributed by atoms with van der Waals surface area (Å²) in [6, 6.07) is 7.82. The van der Waals surface area contributed by atoms with Crippen LogP contribution < -0.4 is 0 Å². The molecule has 0 fully saturated rings. The molecule has 0 bridgehead atoms. The van der Waals surface area contributed by atoms with Crippen LogP contribution in [0.1, 0.15) is 26.3 Å². The zero-order chi connectivity index (χ0) is 13.8. The maximum atomic E-state index is 6.06. The van der Waals surface area contributed by atoms with Crippen molar-refractivity contribution in [1.29, 1.82) is 0 Å². The van der Waals surface area contributed by atoms with Gasteiger partial charge in [-0.3, -0.25) is 0 Å². The molecule has 18 heavy (non-hydrogen) atoms. The normalized spacial score (nSPS) is 13.2. The van der Waals surface area contributed by atoms with Gasteiger partial charge in [0.2, 0.25) is 0 Å². The molecule has 0 heterocycles. The highest BCUT2D eigenvalue weighted by atomic mass is 35.5. The molecule has 1 rings (SSSR count). The molecule has 100 valence electrons. The van der Waals surface area contributed by atoms with E-state index >= 15 is 0 Å². The van der Waals surface area contributed by atoms with E-state index in [9.17, 15) is 0 Å². The molecule has 1 nitrogen and oxygen atoms in total. The maximum absolute atomic E-state index is 6.06. The number of hydrogen-bond acceptors (Lipinski definition) is 1. The molecular formula is C15H23ClOSi. The quantitative estimate of drug-likeness (QED) is 0.674. The van der Waals surface area contributed by atoms with Crippen molar-refractivity contribution in [2.24, 2.45) is 0 Å². The molecule has 0 amide bonds. The van der Waals surface area contributed by atoms with Gasteiger partial charge in [-0.05, 0) is 35.8 Å². The van der Waals surface area contributed by atoms with Gasteiger partial charge in [0, 0.05) is 5.02 Å². The van der Waals surface area contributed by atoms with Gasteiger partial charge in [0.15, 0.2) is 8.32 Å². The molecule has 0 radical (unpaired) electrons. The second kappa shape index (κ2) is 6.05. The highest BCUT2D eigenvalue weighted by molar-refractivity contribution is 6.74. The molecule has 0 saturated carbocycles. The van der Waals surface area contributed by atoms with Crippen LogP contribution in [0.25, 0.3) is 6.08 Å². The van der Waals surface area contributed by atoms with Crippen LogP contribution >= 0.6 is 11.6 Å². The SMILES string of the molecule is CC(C)(C)[Si](C)(C)OCC=Cc1cccc(Cl)c1. The summed E-state index contributed by atoms with van der Waals surface area (Å²) in [4.78, 5) is 0. The average Bonchev–Trinajstić information content (AvgIpc) is 2.23. The molecule has 0 aliphatic heterocycles. The Kier molecular flexibility index (Phi) is 5.20. The van der Waals surface area contributed by atoms with E-state index in [2.05, 4.69) is 46.0 Å². The van der Waals surface area contributed by atoms with Crippen molar-refractivity contribution >= 4 is 26.0 Å². The summed E-state index contributed by atoms with van der Waals surface area (Å²) in [6.07, 6.45) is 4.12. The Balaban J connectivity index is 2.52. The van der Waals surface area contributed by atoms with E-state index in [-0.39, 0.29) is 5.04 Å². The first kappa shape index (κ1) is 15.5. The summed E-state index contributed by atoms with van der Waals surface area (Å²) in [6.45, 7) is 11.9. The number of rotatable bonds is 4. The monoisotopic (exact) mass is 282 g/mol. The van der Waals surface area contributed by atoms with E-state index in [0.717, 1.165) is 10.6 Å². The lowest BCUT2D eigenvalue weighted by Crippen LogP contribution is -2.40. The number of hydrogen-bond donors (Lipinski definition) is 0. The van der Waals surface area contributed by atoms with Crippen LogP contribution in [0.2, 0.25) is 23.2 Å². The van der Waals surface area contributed by atoms with Gasteiger partial charge in [-0.1, -0.05) is 56.7 Å². The van der Waals surface area contributed by atoms with Crippen LogP contribution in [0.5, 0.6) is 0 Å². The molecule has 0 aliphatic carbocycles. The standard InChI is InChI=1S/C15H23ClOSi/c1-15(2,3)18(4,5)17-11-7-9-13-8-6-10-14(16)12-13/h6-10,12H,11H2,1-5H3. The fraction of sp³-hybridized carbons (Fsp3) is 0.467. The van der Waals surface area contributed by atoms with Crippen LogP contribution in [-0.2, 0) is 4.43 Å². The van der Waals surface area contributed by atoms with Gasteiger partial charge in [0.1, 0.15) is 0 Å². The Morgan fingerprint density at radius 1 is 1.28 bits per heavy atom. The van der Waals surface area contributed by atoms with Crippen molar-refractivity contribution in [3.63, 3.8) is 0 Å². The minimum absolute atomic E-state index is 0.261. The molecule has 1 aromatic rings. The average molecular weight is 283 g/mol. The number of halogens is 1. The minimum atomic E-state index is -1.63. The van der Waals surface area contributed by atoms with Gasteiger partial charge in [0.05, 0.1) is 6.61 Å². The smallest absolute Gasteiger partial charge is 0.192 e. The predicted molar refractivity (Wildman–Crippen MR) is 83.6 cm³/mol. The van der Waals surface area contributed by atoms with Gasteiger partial charge >= 0.3 is 0 Å². The Morgan fingerprint density at radius 3 is 2.50 bits per heavy atom. The molecule has 0 saturated heterocycles. The van der Waals surface area contributed by atoms with Crippen molar-refractivity contribution in [3.05, 3.63) is 40.9 Å². The summed E-state index contributed by atoms with van der Waals surface area (Å²) in [5, 5.41) is 1.03. The molecule has 0 spiro atoms. The van der Waals surface area contributed by atoms with E-state index in [1.54, 1.807) is 0 Å². The molecular weight excluding hydrogens is 260 g/mol. The molecule has 0 aliphatic rings. The summed E-state index contributed by atoms with van der Waals surface area (Å²) in [7, 11) is -1.63. The van der Waals surface area contributed by atoms with E-state index < -0.39 is 8.32 Å². The Labute approximate surface area is 117 Å². The molecule has 0 aromatic heterocycles. The van der Waals surface area contributed by atoms with E-state index in [1.807, 2.05) is 24.3 Å². The predicted octanol–water partition coefficient (Wildman–Crippen LogP) is 5.38. The summed E-state index contributed by atoms with van der Waals surface area (Å²) < 4.78 is 6.06. The first-order valence-corrected chi connectivity index (χ1v) is 9.57. The summed E-state index contributed by atoms with van der Waals surface area (Å²) >= 11 is 5.93. The minimum Gasteiger partial charge on any atom is -0.413 e. The Bertz CT molecular complexity index is 419. The highest BCUT2D eigenvalue weighted by Crippen LogP contribution is 2.36. The zero-order valence-electron chi connectivity index (χ0n) is 12.0. The van der Waals surface area contributed by atoms with Gasteiger partial charge < -0.3 is 4.43 Å². The van der Waals surface area contributed by atoms with Gasteiger partial charge in [0.25, 0.3) is 0 Å². The van der Waals surface area contributed by atoms with E-state index in [4.69, 9.17) is 16.0 Å². The molecule has 3 heteroatoms. The summed E-state index contributed by atoms with van der Waals surface area (Å²) in [5.41, 5.74) is 1.11. The lowest BCUT2D eigenvalue weighted by atomic mass is 10.2. The van der Waals surface area contributed by atoms with E-state index in [0.29, 0.717) is 6.61 Å². The fourth-order valence-corrected chi connectivity index (χ4v) is 2.41. The first-order chi connectivity index (χ1) is 8.22. The van der Waals surface area contributed by atoms with Crippen molar-refractivity contribution in [2.45, 2.75) is 38.9 Å². The lowest BCUT2D eigenvalue weighted by molar-refractivity contribution is 0.328. The van der Waals surface area contributed by atoms with Crippen LogP contribution in [0.15, 0.2) is 30.3 Å². The van der Waals surface area contributed by atoms with Crippen molar-refractivity contribution in [2.75, 3.05) is 6.61 Å². The first-order valence-electron chi connectivity index (χ1n) is 6.28. The van der Waals surface area contributed by atoms with Gasteiger partial charge in [-0.25, -0.2) is 0 Å². The second-order valence-electron chi connectivity index (χ2n) is 6.03. The van der Waals surface area contributed by atoms with Crippen molar-refractivity contribution in [1.82, 2.24) is 0 Å². The van der Waals surface area contributed by atoms with Crippen LogP contribution in [0, 0.1) is 0 Å². The Morgan fingerprint density at radius 2 is 1.94 bits per heavy atom. The highest BCUT2D eigenvalue weighted by Gasteiger charge is 2.36. The third-order valence-corrected chi connectivity index (χ3v) is 8.24. The van der Waals surface area contributed by atoms with Crippen LogP contribution in [0.4, 0.5) is 0 Å². The second-order valence-corrected chi connectivity index (χ2v) is 11.3. The van der Waals surface area contributed by atoms with E-state index in [1.165, 1.54) is 0 Å². The van der Waals surface area contributed by atoms with Crippen LogP contribution in [0.3, 0.4) is 0 Å². The Hall–Kier alpha value is -0.573. The van der Waals surface area contributed by atoms with Crippen molar-refractivity contribution < 1.29 is 4.43 Å². The number of benzene rings is 1. The lowest BCUT2D eigenvalue weighted by Gasteiger charge is -2.35. The molecule has 1 aromatic carbocycles. The molecule has 0 N–H and O–H groups in total. The largest absolute Gasteiger partial charge is 0.413 e. The van der Waals surface area contributed by atoms with Gasteiger partial charge in [-0.2, -0.15) is 0 Å². The van der Waals surface area contributed by atoms with Crippen molar-refractivity contribution in [3.8, 4) is 0 Å². The van der Waals surface area contributed by atoms with Gasteiger partial charge in [-0.15, -0.1) is 0 Å². The maximum Gasteiger partial charge on any atom is 0.192 e. The third-order valence-electron chi connectivity index (χ3n) is 3.51. The fourth-order valence-electron chi connectivity index (χ4n) is 1.27. The molecule has 0 atom stereocenters.